The maximum absolute atomic E-state index is 11.9. The Balaban J connectivity index is 1.83. The molecule has 0 bridgehead atoms. The molecule has 0 amide bonds. The highest BCUT2D eigenvalue weighted by molar-refractivity contribution is 7.89. The third kappa shape index (κ3) is 4.36. The molecule has 1 aliphatic heterocycles. The van der Waals surface area contributed by atoms with Crippen molar-refractivity contribution < 1.29 is 8.42 Å². The zero-order valence-electron chi connectivity index (χ0n) is 10.3. The fourth-order valence-corrected chi connectivity index (χ4v) is 3.40. The Kier molecular flexibility index (Phi) is 4.68. The van der Waals surface area contributed by atoms with E-state index in [2.05, 4.69) is 15.0 Å². The Morgan fingerprint density at radius 1 is 1.33 bits per heavy atom. The van der Waals surface area contributed by atoms with E-state index in [4.69, 9.17) is 0 Å². The third-order valence-corrected chi connectivity index (χ3v) is 4.50. The second kappa shape index (κ2) is 6.26. The summed E-state index contributed by atoms with van der Waals surface area (Å²) in [6.45, 7) is 1.25. The Morgan fingerprint density at radius 2 is 2.11 bits per heavy atom. The summed E-state index contributed by atoms with van der Waals surface area (Å²) in [5.74, 6) is 0.165. The van der Waals surface area contributed by atoms with Crippen molar-refractivity contribution in [1.29, 1.82) is 0 Å². The van der Waals surface area contributed by atoms with Gasteiger partial charge in [0.05, 0.1) is 5.75 Å². The molecule has 1 aliphatic rings. The van der Waals surface area contributed by atoms with Crippen LogP contribution in [0.3, 0.4) is 0 Å². The standard InChI is InChI=1S/C12H19N3O2S/c16-18(17,10-12-3-1-2-6-14-12)15-9-11-4-7-13-8-5-11/h4-5,7-8,12,14-15H,1-3,6,9-10H2. The van der Waals surface area contributed by atoms with E-state index in [-0.39, 0.29) is 11.8 Å². The van der Waals surface area contributed by atoms with E-state index in [1.807, 2.05) is 0 Å². The summed E-state index contributed by atoms with van der Waals surface area (Å²) in [6.07, 6.45) is 6.51. The van der Waals surface area contributed by atoms with Gasteiger partial charge in [0.1, 0.15) is 0 Å². The van der Waals surface area contributed by atoms with Crippen LogP contribution in [0.2, 0.25) is 0 Å². The fraction of sp³-hybridized carbons (Fsp3) is 0.583. The Labute approximate surface area is 108 Å². The van der Waals surface area contributed by atoms with Crippen LogP contribution in [-0.4, -0.2) is 31.7 Å². The van der Waals surface area contributed by atoms with Crippen LogP contribution in [0.5, 0.6) is 0 Å². The lowest BCUT2D eigenvalue weighted by Crippen LogP contribution is -2.42. The van der Waals surface area contributed by atoms with E-state index < -0.39 is 10.0 Å². The molecule has 18 heavy (non-hydrogen) atoms. The van der Waals surface area contributed by atoms with Crippen LogP contribution < -0.4 is 10.0 Å². The van der Waals surface area contributed by atoms with E-state index in [0.717, 1.165) is 31.4 Å². The Morgan fingerprint density at radius 3 is 2.78 bits per heavy atom. The van der Waals surface area contributed by atoms with Gasteiger partial charge < -0.3 is 5.32 Å². The lowest BCUT2D eigenvalue weighted by molar-refractivity contribution is 0.422. The number of nitrogens with one attached hydrogen (secondary N) is 2. The summed E-state index contributed by atoms with van der Waals surface area (Å²) in [7, 11) is -3.21. The van der Waals surface area contributed by atoms with Gasteiger partial charge in [0.2, 0.25) is 10.0 Å². The molecular formula is C12H19N3O2S. The van der Waals surface area contributed by atoms with Crippen LogP contribution in [-0.2, 0) is 16.6 Å². The first kappa shape index (κ1) is 13.5. The average Bonchev–Trinajstić information content (AvgIpc) is 2.38. The molecule has 0 spiro atoms. The number of rotatable bonds is 5. The molecular weight excluding hydrogens is 250 g/mol. The van der Waals surface area contributed by atoms with Crippen LogP contribution in [0.25, 0.3) is 0 Å². The predicted octanol–water partition coefficient (Wildman–Crippen LogP) is 0.643. The molecule has 0 aromatic carbocycles. The molecule has 1 unspecified atom stereocenters. The van der Waals surface area contributed by atoms with Crippen molar-refractivity contribution in [1.82, 2.24) is 15.0 Å². The molecule has 0 radical (unpaired) electrons. The van der Waals surface area contributed by atoms with Crippen LogP contribution in [0, 0.1) is 0 Å². The van der Waals surface area contributed by atoms with E-state index in [0.29, 0.717) is 6.54 Å². The maximum atomic E-state index is 11.9. The van der Waals surface area contributed by atoms with Gasteiger partial charge in [-0.2, -0.15) is 0 Å². The van der Waals surface area contributed by atoms with Crippen LogP contribution in [0.15, 0.2) is 24.5 Å². The molecule has 6 heteroatoms. The lowest BCUT2D eigenvalue weighted by atomic mass is 10.1. The van der Waals surface area contributed by atoms with Gasteiger partial charge in [-0.15, -0.1) is 0 Å². The van der Waals surface area contributed by atoms with E-state index in [1.165, 1.54) is 0 Å². The molecule has 1 aromatic rings. The van der Waals surface area contributed by atoms with Crippen LogP contribution in [0.1, 0.15) is 24.8 Å². The van der Waals surface area contributed by atoms with Crippen molar-refractivity contribution in [2.24, 2.45) is 0 Å². The highest BCUT2D eigenvalue weighted by Gasteiger charge is 2.20. The van der Waals surface area contributed by atoms with Gasteiger partial charge in [-0.05, 0) is 37.1 Å². The normalized spacial score (nSPS) is 20.8. The number of piperidine rings is 1. The molecule has 0 saturated carbocycles. The second-order valence-electron chi connectivity index (χ2n) is 4.60. The van der Waals surface area contributed by atoms with Crippen molar-refractivity contribution in [2.45, 2.75) is 31.8 Å². The van der Waals surface area contributed by atoms with Crippen molar-refractivity contribution in [3.8, 4) is 0 Å². The largest absolute Gasteiger partial charge is 0.313 e. The number of nitrogens with zero attached hydrogens (tertiary/aromatic N) is 1. The van der Waals surface area contributed by atoms with Gasteiger partial charge in [0.15, 0.2) is 0 Å². The van der Waals surface area contributed by atoms with Gasteiger partial charge in [-0.25, -0.2) is 13.1 Å². The van der Waals surface area contributed by atoms with Gasteiger partial charge >= 0.3 is 0 Å². The molecule has 2 heterocycles. The highest BCUT2D eigenvalue weighted by atomic mass is 32.2. The molecule has 5 nitrogen and oxygen atoms in total. The molecule has 2 rings (SSSR count). The monoisotopic (exact) mass is 269 g/mol. The predicted molar refractivity (Wildman–Crippen MR) is 70.5 cm³/mol. The third-order valence-electron chi connectivity index (χ3n) is 3.08. The second-order valence-corrected chi connectivity index (χ2v) is 6.46. The maximum Gasteiger partial charge on any atom is 0.213 e. The van der Waals surface area contributed by atoms with Crippen molar-refractivity contribution in [3.63, 3.8) is 0 Å². The van der Waals surface area contributed by atoms with Crippen molar-refractivity contribution in [3.05, 3.63) is 30.1 Å². The summed E-state index contributed by atoms with van der Waals surface area (Å²) < 4.78 is 26.4. The average molecular weight is 269 g/mol. The van der Waals surface area contributed by atoms with E-state index in [9.17, 15) is 8.42 Å². The molecule has 1 saturated heterocycles. The summed E-state index contributed by atoms with van der Waals surface area (Å²) >= 11 is 0. The number of sulfonamides is 1. The zero-order chi connectivity index (χ0) is 12.8. The number of pyridine rings is 1. The quantitative estimate of drug-likeness (QED) is 0.823. The Hall–Kier alpha value is -0.980. The topological polar surface area (TPSA) is 71.1 Å². The first-order chi connectivity index (χ1) is 8.66. The minimum Gasteiger partial charge on any atom is -0.313 e. The SMILES string of the molecule is O=S(=O)(CC1CCCCN1)NCc1ccncc1. The van der Waals surface area contributed by atoms with Gasteiger partial charge in [-0.1, -0.05) is 6.42 Å². The zero-order valence-corrected chi connectivity index (χ0v) is 11.1. The summed E-state index contributed by atoms with van der Waals surface area (Å²) in [5.41, 5.74) is 0.921. The van der Waals surface area contributed by atoms with Gasteiger partial charge in [0.25, 0.3) is 0 Å². The molecule has 1 atom stereocenters. The molecule has 1 fully saturated rings. The minimum absolute atomic E-state index is 0.0914. The Bertz CT molecular complexity index is 455. The molecule has 100 valence electrons. The van der Waals surface area contributed by atoms with Gasteiger partial charge in [0, 0.05) is 25.0 Å². The van der Waals surface area contributed by atoms with E-state index >= 15 is 0 Å². The number of hydrogen-bond acceptors (Lipinski definition) is 4. The van der Waals surface area contributed by atoms with Gasteiger partial charge in [-0.3, -0.25) is 4.98 Å². The molecule has 0 aliphatic carbocycles. The minimum atomic E-state index is -3.21. The molecule has 2 N–H and O–H groups in total. The summed E-state index contributed by atoms with van der Waals surface area (Å²) in [6, 6.07) is 3.71. The summed E-state index contributed by atoms with van der Waals surface area (Å²) in [4.78, 5) is 3.90. The number of hydrogen-bond donors (Lipinski definition) is 2. The number of aromatic nitrogens is 1. The fourth-order valence-electron chi connectivity index (χ4n) is 2.08. The van der Waals surface area contributed by atoms with E-state index in [1.54, 1.807) is 24.5 Å². The van der Waals surface area contributed by atoms with Crippen molar-refractivity contribution >= 4 is 10.0 Å². The molecule has 1 aromatic heterocycles. The first-order valence-corrected chi connectivity index (χ1v) is 7.90. The van der Waals surface area contributed by atoms with Crippen molar-refractivity contribution in [2.75, 3.05) is 12.3 Å². The first-order valence-electron chi connectivity index (χ1n) is 6.25. The summed E-state index contributed by atoms with van der Waals surface area (Å²) in [5, 5.41) is 3.24. The van der Waals surface area contributed by atoms with Crippen LogP contribution >= 0.6 is 0 Å². The lowest BCUT2D eigenvalue weighted by Gasteiger charge is -2.23. The smallest absolute Gasteiger partial charge is 0.213 e. The van der Waals surface area contributed by atoms with Crippen LogP contribution in [0.4, 0.5) is 0 Å². The highest BCUT2D eigenvalue weighted by Crippen LogP contribution is 2.09.